The minimum atomic E-state index is -0.298. The van der Waals surface area contributed by atoms with Gasteiger partial charge in [-0.3, -0.25) is 0 Å². The fourth-order valence-corrected chi connectivity index (χ4v) is 2.85. The van der Waals surface area contributed by atoms with Gasteiger partial charge in [0.05, 0.1) is 0 Å². The zero-order valence-electron chi connectivity index (χ0n) is 10.5. The highest BCUT2D eigenvalue weighted by molar-refractivity contribution is 6.17. The summed E-state index contributed by atoms with van der Waals surface area (Å²) in [6.07, 6.45) is 4.41. The highest BCUT2D eigenvalue weighted by Crippen LogP contribution is 2.26. The minimum Gasteiger partial charge on any atom is -0.352 e. The molecule has 6 nitrogen and oxygen atoms in total. The summed E-state index contributed by atoms with van der Waals surface area (Å²) in [6.45, 7) is 0.984. The first kappa shape index (κ1) is 12.5. The maximum atomic E-state index is 11.5. The molecule has 2 aromatic heterocycles. The second-order valence-corrected chi connectivity index (χ2v) is 5.19. The van der Waals surface area contributed by atoms with Gasteiger partial charge in [0.1, 0.15) is 5.82 Å². The van der Waals surface area contributed by atoms with E-state index in [0.29, 0.717) is 17.6 Å². The highest BCUT2D eigenvalue weighted by Gasteiger charge is 2.25. The second-order valence-electron chi connectivity index (χ2n) is 4.81. The third-order valence-electron chi connectivity index (χ3n) is 3.60. The monoisotopic (exact) mass is 281 g/mol. The molecule has 2 aromatic rings. The molecule has 1 atom stereocenters. The highest BCUT2D eigenvalue weighted by atomic mass is 35.5. The van der Waals surface area contributed by atoms with Crippen molar-refractivity contribution in [2.75, 3.05) is 17.3 Å². The van der Waals surface area contributed by atoms with Crippen LogP contribution in [-0.4, -0.2) is 38.3 Å². The van der Waals surface area contributed by atoms with Gasteiger partial charge in [0.15, 0.2) is 5.65 Å². The molecule has 3 rings (SSSR count). The van der Waals surface area contributed by atoms with Crippen LogP contribution in [0.4, 0.5) is 5.82 Å². The van der Waals surface area contributed by atoms with Crippen molar-refractivity contribution in [3.63, 3.8) is 0 Å². The molecule has 102 valence electrons. The zero-order chi connectivity index (χ0) is 13.2. The number of H-pyrrole nitrogens is 1. The van der Waals surface area contributed by atoms with Crippen molar-refractivity contribution in [3.8, 4) is 0 Å². The van der Waals surface area contributed by atoms with Gasteiger partial charge < -0.3 is 4.90 Å². The van der Waals surface area contributed by atoms with Crippen molar-refractivity contribution in [1.29, 1.82) is 0 Å². The van der Waals surface area contributed by atoms with Gasteiger partial charge >= 0.3 is 5.69 Å². The smallest absolute Gasteiger partial charge is 0.352 e. The van der Waals surface area contributed by atoms with Crippen LogP contribution in [0.2, 0.25) is 0 Å². The molecular weight excluding hydrogens is 266 g/mol. The predicted molar refractivity (Wildman–Crippen MR) is 73.9 cm³/mol. The van der Waals surface area contributed by atoms with Crippen molar-refractivity contribution in [1.82, 2.24) is 19.8 Å². The molecule has 0 radical (unpaired) electrons. The summed E-state index contributed by atoms with van der Waals surface area (Å²) >= 11 is 5.77. The number of hydrogen-bond acceptors (Lipinski definition) is 4. The van der Waals surface area contributed by atoms with Gasteiger partial charge in [0.25, 0.3) is 0 Å². The first-order valence-electron chi connectivity index (χ1n) is 6.56. The van der Waals surface area contributed by atoms with Gasteiger partial charge in [-0.25, -0.2) is 9.89 Å². The summed E-state index contributed by atoms with van der Waals surface area (Å²) in [6, 6.07) is 4.22. The van der Waals surface area contributed by atoms with Gasteiger partial charge in [-0.2, -0.15) is 9.61 Å². The Balaban J connectivity index is 1.89. The lowest BCUT2D eigenvalue weighted by atomic mass is 10.1. The number of alkyl halides is 1. The van der Waals surface area contributed by atoms with Crippen LogP contribution >= 0.6 is 11.6 Å². The topological polar surface area (TPSA) is 66.3 Å². The first-order chi connectivity index (χ1) is 9.29. The van der Waals surface area contributed by atoms with Crippen LogP contribution in [0.25, 0.3) is 5.65 Å². The van der Waals surface area contributed by atoms with Crippen LogP contribution < -0.4 is 10.6 Å². The molecular formula is C12H16ClN5O. The number of hydrogen-bond donors (Lipinski definition) is 1. The summed E-state index contributed by atoms with van der Waals surface area (Å²) in [5.74, 6) is 1.53. The van der Waals surface area contributed by atoms with Crippen LogP contribution in [0.5, 0.6) is 0 Å². The van der Waals surface area contributed by atoms with Gasteiger partial charge in [0.2, 0.25) is 0 Å². The van der Waals surface area contributed by atoms with Gasteiger partial charge in [0, 0.05) is 18.5 Å². The Morgan fingerprint density at radius 1 is 1.47 bits per heavy atom. The Morgan fingerprint density at radius 3 is 3.21 bits per heavy atom. The fourth-order valence-electron chi connectivity index (χ4n) is 2.70. The molecule has 0 spiro atoms. The van der Waals surface area contributed by atoms with E-state index in [2.05, 4.69) is 20.2 Å². The summed E-state index contributed by atoms with van der Waals surface area (Å²) in [5.41, 5.74) is 0.249. The third kappa shape index (κ3) is 2.32. The number of aromatic nitrogens is 4. The Morgan fingerprint density at radius 2 is 2.37 bits per heavy atom. The van der Waals surface area contributed by atoms with E-state index in [1.165, 1.54) is 4.52 Å². The van der Waals surface area contributed by atoms with Crippen molar-refractivity contribution in [3.05, 3.63) is 22.6 Å². The average molecular weight is 282 g/mol. The van der Waals surface area contributed by atoms with Crippen LogP contribution in [0.15, 0.2) is 16.9 Å². The number of fused-ring (bicyclic) bond motifs is 1. The molecule has 3 heterocycles. The molecule has 1 unspecified atom stereocenters. The van der Waals surface area contributed by atoms with Crippen molar-refractivity contribution < 1.29 is 0 Å². The Bertz CT molecular complexity index is 622. The zero-order valence-corrected chi connectivity index (χ0v) is 11.3. The van der Waals surface area contributed by atoms with Crippen LogP contribution in [0, 0.1) is 0 Å². The average Bonchev–Trinajstić information content (AvgIpc) is 3.03. The van der Waals surface area contributed by atoms with Crippen LogP contribution in [0.1, 0.15) is 25.7 Å². The molecule has 0 amide bonds. The normalized spacial score (nSPS) is 19.4. The number of rotatable bonds is 4. The van der Waals surface area contributed by atoms with Gasteiger partial charge in [-0.15, -0.1) is 16.7 Å². The van der Waals surface area contributed by atoms with E-state index in [1.54, 1.807) is 0 Å². The lowest BCUT2D eigenvalue weighted by molar-refractivity contribution is 0.595. The SMILES string of the molecule is O=c1[nH]nc2ccc(N3CCCC3CCCCl)nn12. The molecule has 19 heavy (non-hydrogen) atoms. The van der Waals surface area contributed by atoms with E-state index in [1.807, 2.05) is 12.1 Å². The number of nitrogens with one attached hydrogen (secondary N) is 1. The lowest BCUT2D eigenvalue weighted by Gasteiger charge is -2.25. The second kappa shape index (κ2) is 5.21. The van der Waals surface area contributed by atoms with Crippen LogP contribution in [-0.2, 0) is 0 Å². The number of halogens is 1. The molecule has 0 bridgehead atoms. The summed E-state index contributed by atoms with van der Waals surface area (Å²) < 4.78 is 1.31. The quantitative estimate of drug-likeness (QED) is 0.861. The molecule has 7 heteroatoms. The maximum absolute atomic E-state index is 11.5. The molecule has 0 aromatic carbocycles. The summed E-state index contributed by atoms with van der Waals surface area (Å²) in [4.78, 5) is 13.8. The number of nitrogens with zero attached hydrogens (tertiary/aromatic N) is 4. The standard InChI is InChI=1S/C12H16ClN5O/c13-7-1-3-9-4-2-8-17(9)11-6-5-10-14-15-12(19)18(10)16-11/h5-6,9H,1-4,7-8H2,(H,15,19). The van der Waals surface area contributed by atoms with Crippen molar-refractivity contribution in [2.24, 2.45) is 0 Å². The predicted octanol–water partition coefficient (Wildman–Crippen LogP) is 1.41. The largest absolute Gasteiger partial charge is 0.364 e. The molecule has 1 aliphatic rings. The fraction of sp³-hybridized carbons (Fsp3) is 0.583. The van der Waals surface area contributed by atoms with E-state index >= 15 is 0 Å². The van der Waals surface area contributed by atoms with Crippen molar-refractivity contribution in [2.45, 2.75) is 31.7 Å². The summed E-state index contributed by atoms with van der Waals surface area (Å²) in [7, 11) is 0. The maximum Gasteiger partial charge on any atom is 0.364 e. The molecule has 1 N–H and O–H groups in total. The van der Waals surface area contributed by atoms with E-state index in [9.17, 15) is 4.79 Å². The third-order valence-corrected chi connectivity index (χ3v) is 3.87. The first-order valence-corrected chi connectivity index (χ1v) is 7.10. The van der Waals surface area contributed by atoms with Gasteiger partial charge in [-0.05, 0) is 37.8 Å². The molecule has 0 saturated carbocycles. The Labute approximate surface area is 115 Å². The van der Waals surface area contributed by atoms with E-state index in [-0.39, 0.29) is 5.69 Å². The summed E-state index contributed by atoms with van der Waals surface area (Å²) in [5, 5.41) is 10.7. The van der Waals surface area contributed by atoms with Crippen LogP contribution in [0.3, 0.4) is 0 Å². The molecule has 0 aliphatic carbocycles. The lowest BCUT2D eigenvalue weighted by Crippen LogP contribution is -2.31. The van der Waals surface area contributed by atoms with E-state index in [4.69, 9.17) is 11.6 Å². The molecule has 1 aliphatic heterocycles. The number of anilines is 1. The Kier molecular flexibility index (Phi) is 3.42. The van der Waals surface area contributed by atoms with Crippen molar-refractivity contribution >= 4 is 23.1 Å². The molecule has 1 saturated heterocycles. The van der Waals surface area contributed by atoms with Gasteiger partial charge in [-0.1, -0.05) is 0 Å². The van der Waals surface area contributed by atoms with E-state index in [0.717, 1.165) is 38.0 Å². The number of aromatic amines is 1. The minimum absolute atomic E-state index is 0.298. The Hall–Kier alpha value is -1.56. The molecule has 1 fully saturated rings. The van der Waals surface area contributed by atoms with E-state index < -0.39 is 0 Å².